The van der Waals surface area contributed by atoms with Crippen molar-refractivity contribution in [1.29, 1.82) is 0 Å². The van der Waals surface area contributed by atoms with Gasteiger partial charge in [0.05, 0.1) is 21.2 Å². The molecule has 0 heterocycles. The Morgan fingerprint density at radius 3 is 2.29 bits per heavy atom. The first kappa shape index (κ1) is 31.6. The minimum atomic E-state index is -4.84. The Kier molecular flexibility index (Phi) is 9.39. The molecule has 14 heteroatoms. The molecule has 224 valence electrons. The zero-order valence-electron chi connectivity index (χ0n) is 22.0. The van der Waals surface area contributed by atoms with Crippen molar-refractivity contribution in [3.63, 3.8) is 0 Å². The molecular weight excluding hydrogens is 621 g/mol. The lowest BCUT2D eigenvalue weighted by molar-refractivity contribution is -0.137. The second kappa shape index (κ2) is 12.5. The van der Waals surface area contributed by atoms with E-state index < -0.39 is 57.7 Å². The van der Waals surface area contributed by atoms with Crippen molar-refractivity contribution in [2.75, 3.05) is 4.31 Å². The molecular formula is C28H25Cl2F4N3O4S. The van der Waals surface area contributed by atoms with Gasteiger partial charge in [0.2, 0.25) is 5.91 Å². The molecule has 4 rings (SSSR count). The quantitative estimate of drug-likeness (QED) is 0.252. The zero-order chi connectivity index (χ0) is 30.8. The van der Waals surface area contributed by atoms with Crippen LogP contribution in [0.25, 0.3) is 0 Å². The maximum atomic E-state index is 14.6. The van der Waals surface area contributed by atoms with Gasteiger partial charge in [0.25, 0.3) is 15.9 Å². The van der Waals surface area contributed by atoms with E-state index in [9.17, 15) is 35.6 Å². The summed E-state index contributed by atoms with van der Waals surface area (Å²) in [7, 11) is -4.69. The predicted octanol–water partition coefficient (Wildman–Crippen LogP) is 6.33. The van der Waals surface area contributed by atoms with Crippen molar-refractivity contribution in [3.05, 3.63) is 93.2 Å². The topological polar surface area (TPSA) is 95.6 Å². The molecule has 0 bridgehead atoms. The highest BCUT2D eigenvalue weighted by molar-refractivity contribution is 7.93. The number of carbonyl (C=O) groups is 2. The third kappa shape index (κ3) is 7.16. The van der Waals surface area contributed by atoms with E-state index in [0.29, 0.717) is 16.4 Å². The number of nitrogens with zero attached hydrogens (tertiary/aromatic N) is 1. The summed E-state index contributed by atoms with van der Waals surface area (Å²) in [5.41, 5.74) is -1.64. The van der Waals surface area contributed by atoms with Gasteiger partial charge in [0.15, 0.2) is 0 Å². The second-order valence-corrected chi connectivity index (χ2v) is 12.3. The van der Waals surface area contributed by atoms with E-state index in [-0.39, 0.29) is 38.5 Å². The summed E-state index contributed by atoms with van der Waals surface area (Å²) < 4.78 is 83.7. The molecule has 1 fully saturated rings. The van der Waals surface area contributed by atoms with Crippen molar-refractivity contribution in [2.24, 2.45) is 0 Å². The van der Waals surface area contributed by atoms with Crippen molar-refractivity contribution >= 4 is 50.7 Å². The first-order valence-electron chi connectivity index (χ1n) is 12.8. The average Bonchev–Trinajstić information content (AvgIpc) is 3.75. The molecule has 42 heavy (non-hydrogen) atoms. The van der Waals surface area contributed by atoms with E-state index in [1.165, 1.54) is 31.2 Å². The minimum Gasteiger partial charge on any atom is -0.350 e. The molecule has 3 aromatic carbocycles. The van der Waals surface area contributed by atoms with Crippen LogP contribution in [0.2, 0.25) is 10.0 Å². The van der Waals surface area contributed by atoms with E-state index >= 15 is 0 Å². The number of hydrogen-bond acceptors (Lipinski definition) is 4. The lowest BCUT2D eigenvalue weighted by Gasteiger charge is -2.32. The summed E-state index contributed by atoms with van der Waals surface area (Å²) in [6.45, 7) is 1.02. The van der Waals surface area contributed by atoms with Crippen LogP contribution in [0, 0.1) is 5.82 Å². The first-order chi connectivity index (χ1) is 19.7. The van der Waals surface area contributed by atoms with Crippen LogP contribution >= 0.6 is 23.2 Å². The maximum absolute atomic E-state index is 14.6. The van der Waals surface area contributed by atoms with Crippen LogP contribution in [0.15, 0.2) is 65.6 Å². The third-order valence-electron chi connectivity index (χ3n) is 6.53. The van der Waals surface area contributed by atoms with Gasteiger partial charge in [-0.3, -0.25) is 13.9 Å². The number of sulfonamides is 1. The van der Waals surface area contributed by atoms with Crippen molar-refractivity contribution in [1.82, 2.24) is 10.6 Å². The number of hydrogen-bond donors (Lipinski definition) is 2. The van der Waals surface area contributed by atoms with Crippen molar-refractivity contribution in [2.45, 2.75) is 55.9 Å². The monoisotopic (exact) mass is 645 g/mol. The fraction of sp³-hybridized carbons (Fsp3) is 0.286. The van der Waals surface area contributed by atoms with Gasteiger partial charge in [-0.25, -0.2) is 12.8 Å². The number of benzene rings is 3. The van der Waals surface area contributed by atoms with Crippen LogP contribution in [-0.2, 0) is 27.5 Å². The Balaban J connectivity index is 1.70. The molecule has 1 aliphatic carbocycles. The normalized spacial score (nSPS) is 14.3. The van der Waals surface area contributed by atoms with Crippen LogP contribution in [0.3, 0.4) is 0 Å². The lowest BCUT2D eigenvalue weighted by Crippen LogP contribution is -2.49. The summed E-state index contributed by atoms with van der Waals surface area (Å²) in [6, 6.07) is 9.05. The van der Waals surface area contributed by atoms with Crippen LogP contribution in [0.5, 0.6) is 0 Å². The van der Waals surface area contributed by atoms with Crippen LogP contribution < -0.4 is 14.9 Å². The van der Waals surface area contributed by atoms with E-state index in [1.54, 1.807) is 0 Å². The summed E-state index contributed by atoms with van der Waals surface area (Å²) in [5.74, 6) is -2.07. The average molecular weight is 646 g/mol. The minimum absolute atomic E-state index is 0.0501. The molecule has 1 unspecified atom stereocenters. The Labute approximate surface area is 249 Å². The van der Waals surface area contributed by atoms with Gasteiger partial charge < -0.3 is 10.6 Å². The van der Waals surface area contributed by atoms with Gasteiger partial charge >= 0.3 is 6.18 Å². The molecule has 1 aliphatic rings. The van der Waals surface area contributed by atoms with E-state index in [0.717, 1.165) is 37.1 Å². The molecule has 3 aromatic rings. The SMILES string of the molecule is CCC(C(=O)NCc1cc(C(=O)NC2CC2)ccc1F)N(c1cc(C(F)(F)F)ccc1Cl)S(=O)(=O)c1ccc(Cl)cc1. The summed E-state index contributed by atoms with van der Waals surface area (Å²) in [5, 5.41) is 5.08. The largest absolute Gasteiger partial charge is 0.416 e. The standard InChI is InChI=1S/C28H25Cl2F4N3O4S/c1-2-24(27(39)35-15-17-13-16(3-12-23(17)31)26(38)36-20-7-8-20)37(42(40,41)21-9-5-19(29)6-10-21)25-14-18(28(32,33)34)4-11-22(25)30/h3-6,9-14,20,24H,2,7-8,15H2,1H3,(H,35,39)(H,36,38). The molecule has 1 atom stereocenters. The molecule has 0 aromatic heterocycles. The molecule has 2 amide bonds. The number of nitrogens with one attached hydrogen (secondary N) is 2. The summed E-state index contributed by atoms with van der Waals surface area (Å²) in [6.07, 6.45) is -3.34. The molecule has 1 saturated carbocycles. The number of rotatable bonds is 10. The molecule has 7 nitrogen and oxygen atoms in total. The number of carbonyl (C=O) groups excluding carboxylic acids is 2. The zero-order valence-corrected chi connectivity index (χ0v) is 24.3. The van der Waals surface area contributed by atoms with Crippen molar-refractivity contribution in [3.8, 4) is 0 Å². The lowest BCUT2D eigenvalue weighted by atomic mass is 10.1. The Morgan fingerprint density at radius 2 is 1.69 bits per heavy atom. The number of alkyl halides is 3. The second-order valence-electron chi connectivity index (χ2n) is 9.61. The van der Waals surface area contributed by atoms with Gasteiger partial charge in [-0.15, -0.1) is 0 Å². The summed E-state index contributed by atoms with van der Waals surface area (Å²) >= 11 is 12.1. The maximum Gasteiger partial charge on any atom is 0.416 e. The highest BCUT2D eigenvalue weighted by Gasteiger charge is 2.39. The van der Waals surface area contributed by atoms with Crippen LogP contribution in [0.1, 0.15) is 47.7 Å². The molecule has 0 spiro atoms. The smallest absolute Gasteiger partial charge is 0.350 e. The molecule has 0 radical (unpaired) electrons. The number of amides is 2. The highest BCUT2D eigenvalue weighted by Crippen LogP contribution is 2.39. The third-order valence-corrected chi connectivity index (χ3v) is 8.94. The van der Waals surface area contributed by atoms with E-state index in [1.807, 2.05) is 0 Å². The van der Waals surface area contributed by atoms with Gasteiger partial charge in [0.1, 0.15) is 11.9 Å². The highest BCUT2D eigenvalue weighted by atomic mass is 35.5. The van der Waals surface area contributed by atoms with Gasteiger partial charge in [0, 0.05) is 28.7 Å². The summed E-state index contributed by atoms with van der Waals surface area (Å²) in [4.78, 5) is 25.5. The number of anilines is 1. The Bertz CT molecular complexity index is 1600. The van der Waals surface area contributed by atoms with Gasteiger partial charge in [-0.05, 0) is 79.9 Å². The van der Waals surface area contributed by atoms with Crippen LogP contribution in [0.4, 0.5) is 23.2 Å². The van der Waals surface area contributed by atoms with Gasteiger partial charge in [-0.2, -0.15) is 13.2 Å². The van der Waals surface area contributed by atoms with Crippen LogP contribution in [-0.4, -0.2) is 32.3 Å². The van der Waals surface area contributed by atoms with E-state index in [4.69, 9.17) is 23.2 Å². The fourth-order valence-corrected chi connectivity index (χ4v) is 6.23. The molecule has 2 N–H and O–H groups in total. The Hall–Kier alpha value is -3.35. The molecule has 0 saturated heterocycles. The Morgan fingerprint density at radius 1 is 1.02 bits per heavy atom. The van der Waals surface area contributed by atoms with Gasteiger partial charge in [-0.1, -0.05) is 30.1 Å². The number of halogens is 6. The van der Waals surface area contributed by atoms with Crippen molar-refractivity contribution < 1.29 is 35.6 Å². The van der Waals surface area contributed by atoms with E-state index in [2.05, 4.69) is 10.6 Å². The molecule has 0 aliphatic heterocycles. The predicted molar refractivity (Wildman–Crippen MR) is 150 cm³/mol. The first-order valence-corrected chi connectivity index (χ1v) is 15.0. The fourth-order valence-electron chi connectivity index (χ4n) is 4.15.